The molecule has 2 N–H and O–H groups in total. The minimum atomic E-state index is -0.395. The smallest absolute Gasteiger partial charge is 0.279 e. The van der Waals surface area contributed by atoms with Gasteiger partial charge in [-0.1, -0.05) is 12.5 Å². The third kappa shape index (κ3) is 1.89. The third-order valence-electron chi connectivity index (χ3n) is 12.5. The van der Waals surface area contributed by atoms with Gasteiger partial charge in [-0.2, -0.15) is 0 Å². The van der Waals surface area contributed by atoms with Crippen LogP contribution in [0.3, 0.4) is 0 Å². The topological polar surface area (TPSA) is 89.5 Å². The highest BCUT2D eigenvalue weighted by Crippen LogP contribution is 2.89. The molecule has 1 spiro atoms. The van der Waals surface area contributed by atoms with Crippen molar-refractivity contribution in [2.24, 2.45) is 22.7 Å². The molecule has 1 amide bonds. The lowest BCUT2D eigenvalue weighted by Gasteiger charge is -2.66. The van der Waals surface area contributed by atoms with E-state index in [1.54, 1.807) is 0 Å². The van der Waals surface area contributed by atoms with Crippen molar-refractivity contribution in [3.05, 3.63) is 57.8 Å². The number of aromatic hydroxyl groups is 1. The number of phenolic OH excluding ortho intramolecular Hbond substituents is 1. The Morgan fingerprint density at radius 1 is 1.17 bits per heavy atom. The van der Waals surface area contributed by atoms with Gasteiger partial charge < -0.3 is 15.0 Å². The zero-order valence-corrected chi connectivity index (χ0v) is 20.4. The molecule has 2 aromatic rings. The number of carbonyl (C=O) groups excluding carboxylic acids is 1. The zero-order valence-electron chi connectivity index (χ0n) is 20.4. The van der Waals surface area contributed by atoms with Crippen LogP contribution in [0.25, 0.3) is 0 Å². The Balaban J connectivity index is 1.22. The van der Waals surface area contributed by atoms with E-state index in [9.17, 15) is 14.7 Å². The van der Waals surface area contributed by atoms with E-state index >= 15 is 0 Å². The highest BCUT2D eigenvalue weighted by molar-refractivity contribution is 5.92. The number of aromatic nitrogens is 2. The van der Waals surface area contributed by atoms with Crippen LogP contribution in [-0.4, -0.2) is 62.0 Å². The number of rotatable bonds is 2. The standard InChI is InChI=1S/C29H32N4O3/c34-20-5-4-16-10-22-27-13-17-11-23-29(17,28(27,21(16)12-20)6-9-32(22)19-2-1-3-19)18(14-27)15-33(23)26(36)24-25(35)31-8-7-30-24/h4-5,7-8,12,17-19,22-23,34H,1-3,6,9-11,13-15H2,(H,31,35)/t17?,18-,22?,23?,27?,28?,29?/m1/s1. The SMILES string of the molecule is O=C(c1ncc[nH]c1=O)N1C[C@H]2CC34CC5CC1C52C31CCN(C2CCC2)C4Cc2ccc(O)cc21. The van der Waals surface area contributed by atoms with Gasteiger partial charge in [0.15, 0.2) is 5.69 Å². The van der Waals surface area contributed by atoms with E-state index in [2.05, 4.69) is 27.0 Å². The van der Waals surface area contributed by atoms with E-state index in [1.807, 2.05) is 11.0 Å². The van der Waals surface area contributed by atoms with Gasteiger partial charge in [-0.3, -0.25) is 14.5 Å². The molecule has 2 saturated heterocycles. The molecule has 5 aliphatic carbocycles. The summed E-state index contributed by atoms with van der Waals surface area (Å²) in [6.07, 6.45) is 12.7. The number of amides is 1. The van der Waals surface area contributed by atoms with Crippen LogP contribution in [0.15, 0.2) is 35.4 Å². The Kier molecular flexibility index (Phi) is 3.53. The van der Waals surface area contributed by atoms with Crippen molar-refractivity contribution in [3.63, 3.8) is 0 Å². The van der Waals surface area contributed by atoms with Crippen LogP contribution >= 0.6 is 0 Å². The van der Waals surface area contributed by atoms with Crippen LogP contribution in [0.2, 0.25) is 0 Å². The van der Waals surface area contributed by atoms with Crippen molar-refractivity contribution in [2.75, 3.05) is 13.1 Å². The molecule has 1 aromatic heterocycles. The van der Waals surface area contributed by atoms with E-state index in [-0.39, 0.29) is 33.9 Å². The molecule has 36 heavy (non-hydrogen) atoms. The van der Waals surface area contributed by atoms with Crippen molar-refractivity contribution in [1.82, 2.24) is 19.8 Å². The summed E-state index contributed by atoms with van der Waals surface area (Å²) in [6.45, 7) is 1.87. The maximum atomic E-state index is 13.7. The fourth-order valence-corrected chi connectivity index (χ4v) is 11.6. The largest absolute Gasteiger partial charge is 0.508 e. The van der Waals surface area contributed by atoms with E-state index < -0.39 is 5.56 Å². The van der Waals surface area contributed by atoms with Gasteiger partial charge in [-0.15, -0.1) is 0 Å². The molecule has 0 radical (unpaired) electrons. The molecule has 4 bridgehead atoms. The molecule has 7 aliphatic rings. The van der Waals surface area contributed by atoms with Crippen LogP contribution in [0.4, 0.5) is 0 Å². The Morgan fingerprint density at radius 3 is 2.83 bits per heavy atom. The number of nitrogens with zero attached hydrogens (tertiary/aromatic N) is 3. The monoisotopic (exact) mass is 484 g/mol. The molecular formula is C29H32N4O3. The number of aromatic amines is 1. The fourth-order valence-electron chi connectivity index (χ4n) is 11.6. The van der Waals surface area contributed by atoms with Gasteiger partial charge in [0.05, 0.1) is 0 Å². The second kappa shape index (κ2) is 6.24. The summed E-state index contributed by atoms with van der Waals surface area (Å²) < 4.78 is 0. The minimum Gasteiger partial charge on any atom is -0.508 e. The maximum absolute atomic E-state index is 13.7. The predicted octanol–water partition coefficient (Wildman–Crippen LogP) is 2.84. The van der Waals surface area contributed by atoms with Gasteiger partial charge in [0.25, 0.3) is 11.5 Å². The summed E-state index contributed by atoms with van der Waals surface area (Å²) in [7, 11) is 0. The molecule has 6 unspecified atom stereocenters. The van der Waals surface area contributed by atoms with E-state index in [1.165, 1.54) is 55.6 Å². The van der Waals surface area contributed by atoms with Gasteiger partial charge in [-0.25, -0.2) is 4.98 Å². The molecule has 4 saturated carbocycles. The normalized spacial score (nSPS) is 43.4. The minimum absolute atomic E-state index is 0.0149. The molecule has 186 valence electrons. The van der Waals surface area contributed by atoms with Gasteiger partial charge in [0.1, 0.15) is 5.75 Å². The van der Waals surface area contributed by atoms with Crippen LogP contribution in [0.1, 0.15) is 66.6 Å². The molecule has 2 aliphatic heterocycles. The number of nitrogens with one attached hydrogen (secondary N) is 1. The number of phenols is 1. The number of piperidine rings is 1. The van der Waals surface area contributed by atoms with E-state index in [0.717, 1.165) is 38.4 Å². The van der Waals surface area contributed by atoms with Crippen molar-refractivity contribution < 1.29 is 9.90 Å². The van der Waals surface area contributed by atoms with Gasteiger partial charge in [0, 0.05) is 47.9 Å². The lowest BCUT2D eigenvalue weighted by atomic mass is 9.43. The van der Waals surface area contributed by atoms with Crippen molar-refractivity contribution in [3.8, 4) is 5.75 Å². The van der Waals surface area contributed by atoms with Gasteiger partial charge >= 0.3 is 0 Å². The molecule has 7 nitrogen and oxygen atoms in total. The Morgan fingerprint density at radius 2 is 2.03 bits per heavy atom. The average Bonchev–Trinajstić information content (AvgIpc) is 3.35. The second-order valence-corrected chi connectivity index (χ2v) is 12.9. The molecular weight excluding hydrogens is 452 g/mol. The lowest BCUT2D eigenvalue weighted by molar-refractivity contribution is -0.104. The molecule has 6 fully saturated rings. The highest BCUT2D eigenvalue weighted by atomic mass is 16.3. The number of benzene rings is 1. The number of carbonyl (C=O) groups is 1. The Hall–Kier alpha value is -2.67. The van der Waals surface area contributed by atoms with E-state index in [0.29, 0.717) is 23.6 Å². The number of hydrogen-bond acceptors (Lipinski definition) is 5. The van der Waals surface area contributed by atoms with Crippen molar-refractivity contribution >= 4 is 5.91 Å². The Labute approximate surface area is 209 Å². The Bertz CT molecular complexity index is 1400. The molecule has 1 aromatic carbocycles. The highest BCUT2D eigenvalue weighted by Gasteiger charge is 2.90. The number of hydrogen-bond donors (Lipinski definition) is 2. The zero-order chi connectivity index (χ0) is 24.0. The lowest BCUT2D eigenvalue weighted by Crippen LogP contribution is -2.70. The third-order valence-corrected chi connectivity index (χ3v) is 12.5. The summed E-state index contributed by atoms with van der Waals surface area (Å²) >= 11 is 0. The predicted molar refractivity (Wildman–Crippen MR) is 132 cm³/mol. The molecule has 9 rings (SSSR count). The van der Waals surface area contributed by atoms with Gasteiger partial charge in [0.2, 0.25) is 0 Å². The number of H-pyrrole nitrogens is 1. The molecule has 7 atom stereocenters. The van der Waals surface area contributed by atoms with Crippen LogP contribution in [0, 0.1) is 22.7 Å². The molecule has 3 heterocycles. The van der Waals surface area contributed by atoms with Crippen LogP contribution in [0.5, 0.6) is 5.75 Å². The summed E-state index contributed by atoms with van der Waals surface area (Å²) in [4.78, 5) is 38.0. The van der Waals surface area contributed by atoms with Gasteiger partial charge in [-0.05, 0) is 92.0 Å². The summed E-state index contributed by atoms with van der Waals surface area (Å²) in [5, 5.41) is 10.7. The van der Waals surface area contributed by atoms with E-state index in [4.69, 9.17) is 0 Å². The van der Waals surface area contributed by atoms with Crippen LogP contribution < -0.4 is 5.56 Å². The summed E-state index contributed by atoms with van der Waals surface area (Å²) in [6, 6.07) is 7.64. The van der Waals surface area contributed by atoms with Crippen molar-refractivity contribution in [2.45, 2.75) is 74.9 Å². The number of likely N-dealkylation sites (tertiary alicyclic amines) is 2. The first-order valence-electron chi connectivity index (χ1n) is 13.9. The fraction of sp³-hybridized carbons (Fsp3) is 0.621. The first-order valence-corrected chi connectivity index (χ1v) is 13.9. The number of fused-ring (bicyclic) bond motifs is 1. The quantitative estimate of drug-likeness (QED) is 0.684. The van der Waals surface area contributed by atoms with Crippen molar-refractivity contribution in [1.29, 1.82) is 0 Å². The first-order chi connectivity index (χ1) is 17.5. The maximum Gasteiger partial charge on any atom is 0.279 e. The molecule has 7 heteroatoms. The van der Waals surface area contributed by atoms with Crippen LogP contribution in [-0.2, 0) is 11.8 Å². The first kappa shape index (κ1) is 20.4. The average molecular weight is 485 g/mol. The summed E-state index contributed by atoms with van der Waals surface area (Å²) in [5.41, 5.74) is 2.77. The second-order valence-electron chi connectivity index (χ2n) is 12.9. The summed E-state index contributed by atoms with van der Waals surface area (Å²) in [5.74, 6) is 1.25.